The fourth-order valence-corrected chi connectivity index (χ4v) is 2.93. The van der Waals surface area contributed by atoms with Gasteiger partial charge in [-0.15, -0.1) is 0 Å². The first-order chi connectivity index (χ1) is 6.97. The van der Waals surface area contributed by atoms with Crippen molar-refractivity contribution >= 4 is 21.9 Å². The van der Waals surface area contributed by atoms with Gasteiger partial charge in [-0.1, -0.05) is 36.7 Å². The second-order valence-electron chi connectivity index (χ2n) is 4.23. The maximum Gasteiger partial charge on any atom is 0.303 e. The lowest BCUT2D eigenvalue weighted by Gasteiger charge is -2.41. The molecule has 1 rings (SSSR count). The van der Waals surface area contributed by atoms with Gasteiger partial charge in [0, 0.05) is 12.8 Å². The lowest BCUT2D eigenvalue weighted by atomic mass is 9.83. The van der Waals surface area contributed by atoms with Crippen LogP contribution in [0.1, 0.15) is 34.1 Å². The van der Waals surface area contributed by atoms with Crippen molar-refractivity contribution in [3.8, 4) is 0 Å². The summed E-state index contributed by atoms with van der Waals surface area (Å²) in [6, 6.07) is 0. The average molecular weight is 279 g/mol. The molecule has 0 aromatic heterocycles. The molecule has 0 amide bonds. The van der Waals surface area contributed by atoms with Crippen molar-refractivity contribution in [1.29, 1.82) is 0 Å². The summed E-state index contributed by atoms with van der Waals surface area (Å²) in [6.45, 7) is 7.80. The molecule has 5 unspecified atom stereocenters. The minimum atomic E-state index is -0.248. The normalized spacial score (nSPS) is 41.3. The van der Waals surface area contributed by atoms with E-state index in [2.05, 4.69) is 36.7 Å². The fraction of sp³-hybridized carbons (Fsp3) is 0.909. The summed E-state index contributed by atoms with van der Waals surface area (Å²) in [5.74, 6) is 0.479. The Morgan fingerprint density at radius 2 is 2.00 bits per heavy atom. The monoisotopic (exact) mass is 278 g/mol. The maximum atomic E-state index is 11.0. The first-order valence-corrected chi connectivity index (χ1v) is 6.35. The highest BCUT2D eigenvalue weighted by molar-refractivity contribution is 9.09. The number of hydrogen-bond acceptors (Lipinski definition) is 3. The first-order valence-electron chi connectivity index (χ1n) is 5.44. The number of alkyl halides is 1. The molecule has 1 fully saturated rings. The molecular formula is C11H19BrO3. The Morgan fingerprint density at radius 1 is 1.40 bits per heavy atom. The standard InChI is InChI=1S/C11H19BrO3/c1-5-9-6(2)7(3)10(11(12)15-9)14-8(4)13/h6-7,9-11H,5H2,1-4H3. The Bertz CT molecular complexity index is 232. The van der Waals surface area contributed by atoms with Crippen molar-refractivity contribution < 1.29 is 14.3 Å². The van der Waals surface area contributed by atoms with Crippen LogP contribution in [0, 0.1) is 11.8 Å². The topological polar surface area (TPSA) is 35.5 Å². The number of hydrogen-bond donors (Lipinski definition) is 0. The SMILES string of the molecule is CCC1OC(Br)C(OC(C)=O)C(C)C1C. The van der Waals surface area contributed by atoms with E-state index in [0.717, 1.165) is 6.42 Å². The third kappa shape index (κ3) is 2.94. The smallest absolute Gasteiger partial charge is 0.303 e. The van der Waals surface area contributed by atoms with Gasteiger partial charge in [-0.25, -0.2) is 0 Å². The molecule has 3 nitrogen and oxygen atoms in total. The van der Waals surface area contributed by atoms with Gasteiger partial charge in [0.1, 0.15) is 11.1 Å². The number of carbonyl (C=O) groups excluding carboxylic acids is 1. The second kappa shape index (κ2) is 5.30. The minimum absolute atomic E-state index is 0.180. The summed E-state index contributed by atoms with van der Waals surface area (Å²) < 4.78 is 11.0. The largest absolute Gasteiger partial charge is 0.459 e. The molecule has 0 spiro atoms. The molecule has 88 valence electrons. The molecule has 0 aromatic rings. The van der Waals surface area contributed by atoms with Gasteiger partial charge in [0.25, 0.3) is 0 Å². The van der Waals surface area contributed by atoms with E-state index in [9.17, 15) is 4.79 Å². The number of halogens is 1. The molecule has 0 aromatic carbocycles. The summed E-state index contributed by atoms with van der Waals surface area (Å²) >= 11 is 3.43. The zero-order valence-corrected chi connectivity index (χ0v) is 11.3. The number of carbonyl (C=O) groups is 1. The van der Waals surface area contributed by atoms with Crippen molar-refractivity contribution in [2.24, 2.45) is 11.8 Å². The van der Waals surface area contributed by atoms with Crippen molar-refractivity contribution in [3.05, 3.63) is 0 Å². The van der Waals surface area contributed by atoms with Crippen LogP contribution in [-0.2, 0) is 14.3 Å². The molecule has 4 heteroatoms. The average Bonchev–Trinajstić information content (AvgIpc) is 2.18. The summed E-state index contributed by atoms with van der Waals surface area (Å²) in [6.07, 6.45) is 1.05. The molecule has 0 radical (unpaired) electrons. The number of esters is 1. The van der Waals surface area contributed by atoms with Gasteiger partial charge in [0.05, 0.1) is 6.10 Å². The predicted molar refractivity (Wildman–Crippen MR) is 61.8 cm³/mol. The van der Waals surface area contributed by atoms with Crippen LogP contribution in [0.3, 0.4) is 0 Å². The molecule has 15 heavy (non-hydrogen) atoms. The summed E-state index contributed by atoms with van der Waals surface area (Å²) in [5, 5.41) is -0.183. The van der Waals surface area contributed by atoms with Crippen LogP contribution >= 0.6 is 15.9 Å². The number of rotatable bonds is 2. The van der Waals surface area contributed by atoms with Crippen LogP contribution in [0.2, 0.25) is 0 Å². The summed E-state index contributed by atoms with van der Waals surface area (Å²) in [4.78, 5) is 11.0. The molecule has 1 saturated heterocycles. The fourth-order valence-electron chi connectivity index (χ4n) is 2.07. The second-order valence-corrected chi connectivity index (χ2v) is 5.13. The highest BCUT2D eigenvalue weighted by Crippen LogP contribution is 2.36. The third-order valence-corrected chi connectivity index (χ3v) is 3.94. The lowest BCUT2D eigenvalue weighted by molar-refractivity contribution is -0.175. The minimum Gasteiger partial charge on any atom is -0.459 e. The Kier molecular flexibility index (Phi) is 4.59. The van der Waals surface area contributed by atoms with Crippen LogP contribution < -0.4 is 0 Å². The van der Waals surface area contributed by atoms with Crippen LogP contribution in [0.15, 0.2) is 0 Å². The highest BCUT2D eigenvalue weighted by atomic mass is 79.9. The van der Waals surface area contributed by atoms with Gasteiger partial charge >= 0.3 is 5.97 Å². The van der Waals surface area contributed by atoms with E-state index in [0.29, 0.717) is 11.8 Å². The van der Waals surface area contributed by atoms with E-state index in [-0.39, 0.29) is 23.2 Å². The lowest BCUT2D eigenvalue weighted by Crippen LogP contribution is -2.48. The van der Waals surface area contributed by atoms with E-state index in [4.69, 9.17) is 9.47 Å². The van der Waals surface area contributed by atoms with Crippen molar-refractivity contribution in [3.63, 3.8) is 0 Å². The molecule has 0 bridgehead atoms. The van der Waals surface area contributed by atoms with Crippen LogP contribution in [0.4, 0.5) is 0 Å². The summed E-state index contributed by atoms with van der Waals surface area (Å²) in [7, 11) is 0. The Hall–Kier alpha value is -0.0900. The molecular weight excluding hydrogens is 260 g/mol. The van der Waals surface area contributed by atoms with Gasteiger partial charge in [-0.2, -0.15) is 0 Å². The molecule has 0 saturated carbocycles. The molecule has 1 heterocycles. The first kappa shape index (κ1) is 13.0. The quantitative estimate of drug-likeness (QED) is 0.576. The number of ether oxygens (including phenoxy) is 2. The van der Waals surface area contributed by atoms with E-state index in [1.165, 1.54) is 6.92 Å². The van der Waals surface area contributed by atoms with E-state index >= 15 is 0 Å². The predicted octanol–water partition coefficient (Wildman–Crippen LogP) is 2.72. The zero-order chi connectivity index (χ0) is 11.6. The van der Waals surface area contributed by atoms with Gasteiger partial charge in [0.15, 0.2) is 0 Å². The zero-order valence-electron chi connectivity index (χ0n) is 9.70. The molecule has 0 N–H and O–H groups in total. The van der Waals surface area contributed by atoms with Crippen molar-refractivity contribution in [2.75, 3.05) is 0 Å². The van der Waals surface area contributed by atoms with Crippen LogP contribution in [0.5, 0.6) is 0 Å². The van der Waals surface area contributed by atoms with E-state index in [1.54, 1.807) is 0 Å². The maximum absolute atomic E-state index is 11.0. The van der Waals surface area contributed by atoms with Gasteiger partial charge in [-0.05, 0) is 12.3 Å². The summed E-state index contributed by atoms with van der Waals surface area (Å²) in [5.41, 5.74) is 0. The van der Waals surface area contributed by atoms with Crippen LogP contribution in [0.25, 0.3) is 0 Å². The van der Waals surface area contributed by atoms with Crippen LogP contribution in [-0.4, -0.2) is 23.2 Å². The molecule has 5 atom stereocenters. The third-order valence-electron chi connectivity index (χ3n) is 3.20. The molecule has 1 aliphatic rings. The van der Waals surface area contributed by atoms with E-state index < -0.39 is 0 Å². The Morgan fingerprint density at radius 3 is 2.47 bits per heavy atom. The molecule has 0 aliphatic carbocycles. The van der Waals surface area contributed by atoms with Crippen molar-refractivity contribution in [2.45, 2.75) is 51.3 Å². The Labute approximate surface area is 99.6 Å². The van der Waals surface area contributed by atoms with Gasteiger partial charge in [0.2, 0.25) is 0 Å². The van der Waals surface area contributed by atoms with E-state index in [1.807, 2.05) is 0 Å². The highest BCUT2D eigenvalue weighted by Gasteiger charge is 2.41. The molecule has 1 aliphatic heterocycles. The Balaban J connectivity index is 2.70. The van der Waals surface area contributed by atoms with Gasteiger partial charge < -0.3 is 9.47 Å². The van der Waals surface area contributed by atoms with Crippen molar-refractivity contribution in [1.82, 2.24) is 0 Å². The van der Waals surface area contributed by atoms with Gasteiger partial charge in [-0.3, -0.25) is 4.79 Å².